The highest BCUT2D eigenvalue weighted by Crippen LogP contribution is 2.38. The molecule has 0 radical (unpaired) electrons. The molecule has 2 N–H and O–H groups in total. The molecule has 2 aliphatic rings. The van der Waals surface area contributed by atoms with E-state index >= 15 is 0 Å². The largest absolute Gasteiger partial charge is 0.491 e. The van der Waals surface area contributed by atoms with Crippen LogP contribution in [-0.4, -0.2) is 42.4 Å². The molecule has 218 valence electrons. The Balaban J connectivity index is 1.70. The highest BCUT2D eigenvalue weighted by atomic mass is 35.5. The van der Waals surface area contributed by atoms with Gasteiger partial charge in [-0.2, -0.15) is 0 Å². The first-order valence-corrected chi connectivity index (χ1v) is 16.2. The fraction of sp³-hybridized carbons (Fsp3) is 0.531. The Hall–Kier alpha value is -2.35. The topological polar surface area (TPSA) is 70.7 Å². The fourth-order valence-corrected chi connectivity index (χ4v) is 6.72. The van der Waals surface area contributed by atoms with Gasteiger partial charge in [0.2, 0.25) is 5.91 Å². The van der Waals surface area contributed by atoms with Crippen LogP contribution in [0.1, 0.15) is 70.4 Å². The first-order valence-electron chi connectivity index (χ1n) is 14.7. The third-order valence-corrected chi connectivity index (χ3v) is 9.35. The summed E-state index contributed by atoms with van der Waals surface area (Å²) in [5.41, 5.74) is 3.49. The van der Waals surface area contributed by atoms with Gasteiger partial charge in [0.1, 0.15) is 5.75 Å². The molecule has 0 aliphatic carbocycles. The molecule has 1 amide bonds. The number of hydrogen-bond acceptors (Lipinski definition) is 5. The lowest BCUT2D eigenvalue weighted by molar-refractivity contribution is -0.122. The van der Waals surface area contributed by atoms with E-state index in [1.54, 1.807) is 6.07 Å². The Bertz CT molecular complexity index is 1220. The van der Waals surface area contributed by atoms with Crippen molar-refractivity contribution in [3.63, 3.8) is 0 Å². The van der Waals surface area contributed by atoms with Gasteiger partial charge in [-0.1, -0.05) is 70.4 Å². The van der Waals surface area contributed by atoms with Crippen molar-refractivity contribution in [3.05, 3.63) is 64.7 Å². The quantitative estimate of drug-likeness (QED) is 0.397. The Labute approximate surface area is 247 Å². The minimum Gasteiger partial charge on any atom is -0.491 e. The summed E-state index contributed by atoms with van der Waals surface area (Å²) in [5, 5.41) is 4.08. The molecule has 0 saturated carbocycles. The van der Waals surface area contributed by atoms with Crippen molar-refractivity contribution < 1.29 is 13.7 Å². The second-order valence-electron chi connectivity index (χ2n) is 11.3. The van der Waals surface area contributed by atoms with Gasteiger partial charge in [-0.15, -0.1) is 0 Å². The molecule has 0 aromatic heterocycles. The van der Waals surface area contributed by atoms with E-state index in [2.05, 4.69) is 53.1 Å². The van der Waals surface area contributed by atoms with Crippen molar-refractivity contribution in [3.8, 4) is 5.75 Å². The zero-order chi connectivity index (χ0) is 28.6. The Morgan fingerprint density at radius 3 is 2.73 bits per heavy atom. The van der Waals surface area contributed by atoms with Crippen LogP contribution in [0.3, 0.4) is 0 Å². The van der Waals surface area contributed by atoms with Crippen LogP contribution in [0.25, 0.3) is 0 Å². The van der Waals surface area contributed by atoms with Gasteiger partial charge in [-0.25, -0.2) is 4.21 Å². The molecule has 4 unspecified atom stereocenters. The van der Waals surface area contributed by atoms with Crippen LogP contribution >= 0.6 is 11.6 Å². The Morgan fingerprint density at radius 1 is 1.15 bits per heavy atom. The second kappa shape index (κ2) is 14.5. The zero-order valence-electron chi connectivity index (χ0n) is 24.3. The lowest BCUT2D eigenvalue weighted by atomic mass is 9.91. The van der Waals surface area contributed by atoms with Crippen LogP contribution in [0.5, 0.6) is 5.75 Å². The van der Waals surface area contributed by atoms with E-state index in [1.807, 2.05) is 32.0 Å². The normalized spacial score (nSPS) is 25.1. The van der Waals surface area contributed by atoms with Crippen molar-refractivity contribution in [2.75, 3.05) is 31.1 Å². The number of rotatable bonds is 5. The molecule has 4 rings (SSSR count). The van der Waals surface area contributed by atoms with Crippen molar-refractivity contribution >= 4 is 34.2 Å². The molecule has 2 heterocycles. The number of halogens is 1. The van der Waals surface area contributed by atoms with Crippen LogP contribution in [0.15, 0.2) is 53.4 Å². The maximum absolute atomic E-state index is 13.4. The van der Waals surface area contributed by atoms with Crippen LogP contribution in [-0.2, 0) is 22.2 Å². The van der Waals surface area contributed by atoms with Gasteiger partial charge in [0.15, 0.2) is 11.0 Å². The highest BCUT2D eigenvalue weighted by molar-refractivity contribution is 7.83. The van der Waals surface area contributed by atoms with Crippen LogP contribution in [0.4, 0.5) is 5.69 Å². The number of benzene rings is 2. The number of nitrogens with zero attached hydrogens (tertiary/aromatic N) is 1. The average molecular weight is 586 g/mol. The smallest absolute Gasteiger partial charge is 0.249 e. The number of carbonyl (C=O) groups is 1. The van der Waals surface area contributed by atoms with E-state index in [0.29, 0.717) is 24.0 Å². The van der Waals surface area contributed by atoms with Crippen molar-refractivity contribution in [1.29, 1.82) is 0 Å². The monoisotopic (exact) mass is 585 g/mol. The van der Waals surface area contributed by atoms with Crippen LogP contribution in [0, 0.1) is 11.8 Å². The molecule has 0 saturated heterocycles. The summed E-state index contributed by atoms with van der Waals surface area (Å²) in [6.45, 7) is 11.3. The minimum atomic E-state index is -1.68. The maximum Gasteiger partial charge on any atom is 0.249 e. The molecule has 0 spiro atoms. The third kappa shape index (κ3) is 7.68. The summed E-state index contributed by atoms with van der Waals surface area (Å²) >= 11 is 6.38. The summed E-state index contributed by atoms with van der Waals surface area (Å²) in [4.78, 5) is 16.0. The number of allylic oxidation sites excluding steroid dienone is 1. The van der Waals surface area contributed by atoms with Gasteiger partial charge in [-0.3, -0.25) is 9.52 Å². The molecular formula is C32H44ClN3O3S. The van der Waals surface area contributed by atoms with Crippen molar-refractivity contribution in [2.24, 2.45) is 11.8 Å². The molecule has 2 bridgehead atoms. The number of amides is 1. The number of anilines is 1. The molecule has 2 aromatic rings. The minimum absolute atomic E-state index is 0.0611. The SMILES string of the molecule is CCCc1cc(Cl)ccc1C1COc2ccc3cc2N(CCC(CC)C/C=C/CNC(C(C)C)C(=O)NS3=O)C1. The van der Waals surface area contributed by atoms with E-state index in [0.717, 1.165) is 61.7 Å². The van der Waals surface area contributed by atoms with Gasteiger partial charge in [0, 0.05) is 30.6 Å². The van der Waals surface area contributed by atoms with Crippen LogP contribution in [0.2, 0.25) is 5.02 Å². The molecular weight excluding hydrogens is 542 g/mol. The molecule has 2 aromatic carbocycles. The molecule has 6 nitrogen and oxygen atoms in total. The summed E-state index contributed by atoms with van der Waals surface area (Å²) in [6.07, 6.45) is 9.49. The fourth-order valence-electron chi connectivity index (χ4n) is 5.69. The number of hydrogen-bond donors (Lipinski definition) is 2. The number of nitrogens with one attached hydrogen (secondary N) is 2. The number of carbonyl (C=O) groups excluding carboxylic acids is 1. The molecule has 4 atom stereocenters. The zero-order valence-corrected chi connectivity index (χ0v) is 25.8. The van der Waals surface area contributed by atoms with E-state index in [9.17, 15) is 9.00 Å². The first kappa shape index (κ1) is 30.6. The predicted molar refractivity (Wildman–Crippen MR) is 166 cm³/mol. The molecule has 0 fully saturated rings. The second-order valence-corrected chi connectivity index (χ2v) is 13.0. The predicted octanol–water partition coefficient (Wildman–Crippen LogP) is 6.40. The van der Waals surface area contributed by atoms with Gasteiger partial charge < -0.3 is 15.0 Å². The summed E-state index contributed by atoms with van der Waals surface area (Å²) in [5.74, 6) is 1.31. The third-order valence-electron chi connectivity index (χ3n) is 8.05. The summed E-state index contributed by atoms with van der Waals surface area (Å²) in [7, 11) is -1.68. The van der Waals surface area contributed by atoms with Gasteiger partial charge in [-0.05, 0) is 72.6 Å². The Morgan fingerprint density at radius 2 is 1.98 bits per heavy atom. The van der Waals surface area contributed by atoms with E-state index in [1.165, 1.54) is 11.1 Å². The lowest BCUT2D eigenvalue weighted by Crippen LogP contribution is -2.47. The summed E-state index contributed by atoms with van der Waals surface area (Å²) in [6, 6.07) is 11.4. The summed E-state index contributed by atoms with van der Waals surface area (Å²) < 4.78 is 22.5. The number of ether oxygens (including phenoxy) is 1. The van der Waals surface area contributed by atoms with E-state index < -0.39 is 17.0 Å². The lowest BCUT2D eigenvalue weighted by Gasteiger charge is -2.29. The first-order chi connectivity index (χ1) is 19.3. The van der Waals surface area contributed by atoms with Crippen molar-refractivity contribution in [2.45, 2.75) is 76.7 Å². The van der Waals surface area contributed by atoms with Gasteiger partial charge >= 0.3 is 0 Å². The number of fused-ring (bicyclic) bond motifs is 1. The highest BCUT2D eigenvalue weighted by Gasteiger charge is 2.28. The Kier molecular flexibility index (Phi) is 11.1. The molecule has 8 heteroatoms. The van der Waals surface area contributed by atoms with Gasteiger partial charge in [0.05, 0.1) is 23.2 Å². The average Bonchev–Trinajstić information content (AvgIpc) is 3.11. The molecule has 2 aliphatic heterocycles. The maximum atomic E-state index is 13.4. The standard InChI is InChI=1S/C32H44ClN3O3S/c1-5-9-24-18-26(33)11-13-28(24)25-20-36-17-15-23(6-2)10-7-8-16-34-31(22(3)4)32(37)35-40(38)27-12-14-30(39-21-25)29(36)19-27/h7-8,11-14,18-19,22-23,25,31,34H,5-6,9-10,15-17,20-21H2,1-4H3,(H,35,37)/b8-7+. The van der Waals surface area contributed by atoms with E-state index in [4.69, 9.17) is 16.3 Å². The molecule has 40 heavy (non-hydrogen) atoms. The van der Waals surface area contributed by atoms with Crippen molar-refractivity contribution in [1.82, 2.24) is 10.0 Å². The number of aryl methyl sites for hydroxylation is 1. The van der Waals surface area contributed by atoms with Crippen LogP contribution < -0.4 is 19.7 Å². The van der Waals surface area contributed by atoms with E-state index in [-0.39, 0.29) is 17.7 Å². The van der Waals surface area contributed by atoms with Gasteiger partial charge in [0.25, 0.3) is 0 Å².